The van der Waals surface area contributed by atoms with Gasteiger partial charge in [-0.2, -0.15) is 0 Å². The van der Waals surface area contributed by atoms with E-state index in [0.717, 1.165) is 48.9 Å². The minimum Gasteiger partial charge on any atom is -0.491 e. The van der Waals surface area contributed by atoms with Crippen molar-refractivity contribution < 1.29 is 4.74 Å². The van der Waals surface area contributed by atoms with Gasteiger partial charge in [0.05, 0.1) is 6.10 Å². The lowest BCUT2D eigenvalue weighted by Crippen LogP contribution is -2.40. The number of nitrogens with zero attached hydrogens (tertiary/aromatic N) is 3. The number of hydrogen-bond acceptors (Lipinski definition) is 5. The van der Waals surface area contributed by atoms with Crippen LogP contribution in [0.25, 0.3) is 11.4 Å². The van der Waals surface area contributed by atoms with Crippen LogP contribution in [0.5, 0.6) is 5.75 Å². The van der Waals surface area contributed by atoms with E-state index in [0.29, 0.717) is 12.0 Å². The summed E-state index contributed by atoms with van der Waals surface area (Å²) in [5.41, 5.74) is 8.22. The quantitative estimate of drug-likeness (QED) is 0.880. The molecule has 3 rings (SSSR count). The van der Waals surface area contributed by atoms with Crippen LogP contribution in [0.2, 0.25) is 0 Å². The zero-order valence-corrected chi connectivity index (χ0v) is 16.3. The first-order chi connectivity index (χ1) is 12.4. The molecule has 5 nitrogen and oxygen atoms in total. The van der Waals surface area contributed by atoms with Gasteiger partial charge in [-0.3, -0.25) is 0 Å². The predicted octanol–water partition coefficient (Wildman–Crippen LogP) is 3.98. The Morgan fingerprint density at radius 2 is 1.85 bits per heavy atom. The summed E-state index contributed by atoms with van der Waals surface area (Å²) in [5, 5.41) is 0. The Balaban J connectivity index is 1.90. The van der Waals surface area contributed by atoms with Crippen molar-refractivity contribution in [3.63, 3.8) is 0 Å². The highest BCUT2D eigenvalue weighted by Crippen LogP contribution is 2.32. The van der Waals surface area contributed by atoms with E-state index >= 15 is 0 Å². The lowest BCUT2D eigenvalue weighted by atomic mass is 10.00. The van der Waals surface area contributed by atoms with Crippen LogP contribution in [-0.2, 0) is 0 Å². The molecule has 1 aromatic carbocycles. The van der Waals surface area contributed by atoms with Crippen LogP contribution >= 0.6 is 0 Å². The molecule has 0 amide bonds. The van der Waals surface area contributed by atoms with E-state index in [-0.39, 0.29) is 6.10 Å². The van der Waals surface area contributed by atoms with Crippen LogP contribution in [0.4, 0.5) is 5.82 Å². The van der Waals surface area contributed by atoms with Crippen molar-refractivity contribution in [2.45, 2.75) is 58.6 Å². The minimum absolute atomic E-state index is 0.132. The first-order valence-corrected chi connectivity index (χ1v) is 9.58. The molecule has 2 aromatic rings. The normalized spacial score (nSPS) is 15.7. The van der Waals surface area contributed by atoms with Crippen molar-refractivity contribution in [2.24, 2.45) is 5.73 Å². The molecule has 1 aliphatic rings. The molecule has 0 saturated carbocycles. The van der Waals surface area contributed by atoms with Crippen LogP contribution in [-0.4, -0.2) is 35.2 Å². The van der Waals surface area contributed by atoms with Crippen LogP contribution < -0.4 is 15.4 Å². The van der Waals surface area contributed by atoms with Gasteiger partial charge in [-0.25, -0.2) is 9.97 Å². The fourth-order valence-electron chi connectivity index (χ4n) is 3.30. The van der Waals surface area contributed by atoms with Crippen molar-refractivity contribution in [1.82, 2.24) is 9.97 Å². The predicted molar refractivity (Wildman–Crippen MR) is 107 cm³/mol. The van der Waals surface area contributed by atoms with Gasteiger partial charge in [-0.1, -0.05) is 26.0 Å². The fraction of sp³-hybridized carbons (Fsp3) is 0.524. The van der Waals surface area contributed by atoms with Gasteiger partial charge in [0.2, 0.25) is 0 Å². The third-order valence-corrected chi connectivity index (χ3v) is 4.76. The Kier molecular flexibility index (Phi) is 5.77. The summed E-state index contributed by atoms with van der Waals surface area (Å²) in [5.74, 6) is 3.04. The molecule has 1 fully saturated rings. The largest absolute Gasteiger partial charge is 0.491 e. The molecule has 0 aliphatic carbocycles. The summed E-state index contributed by atoms with van der Waals surface area (Å²) in [6, 6.07) is 8.59. The second-order valence-electron chi connectivity index (χ2n) is 7.64. The van der Waals surface area contributed by atoms with Gasteiger partial charge in [-0.15, -0.1) is 0 Å². The van der Waals surface area contributed by atoms with Crippen molar-refractivity contribution in [3.05, 3.63) is 36.0 Å². The maximum absolute atomic E-state index is 6.05. The highest BCUT2D eigenvalue weighted by atomic mass is 16.5. The first kappa shape index (κ1) is 18.6. The maximum Gasteiger partial charge on any atom is 0.161 e. The second-order valence-corrected chi connectivity index (χ2v) is 7.64. The lowest BCUT2D eigenvalue weighted by molar-refractivity contribution is 0.239. The highest BCUT2D eigenvalue weighted by molar-refractivity contribution is 5.61. The van der Waals surface area contributed by atoms with E-state index in [1.54, 1.807) is 0 Å². The number of benzene rings is 1. The molecular weight excluding hydrogens is 324 g/mol. The standard InChI is InChI=1S/C21H30N4O/c1-14(2)18-6-5-16(13-19(18)26-15(3)4)21-23-10-7-20(24-21)25-11-8-17(22)9-12-25/h5-7,10,13-15,17H,8-9,11-12,22H2,1-4H3. The SMILES string of the molecule is CC(C)Oc1cc(-c2nccc(N3CCC(N)CC3)n2)ccc1C(C)C. The lowest BCUT2D eigenvalue weighted by Gasteiger charge is -2.31. The molecule has 2 heterocycles. The average Bonchev–Trinajstić information content (AvgIpc) is 2.61. The van der Waals surface area contributed by atoms with Crippen molar-refractivity contribution in [2.75, 3.05) is 18.0 Å². The van der Waals surface area contributed by atoms with E-state index in [1.165, 1.54) is 5.56 Å². The number of piperidine rings is 1. The fourth-order valence-corrected chi connectivity index (χ4v) is 3.30. The van der Waals surface area contributed by atoms with E-state index in [1.807, 2.05) is 12.3 Å². The number of nitrogens with two attached hydrogens (primary N) is 1. The van der Waals surface area contributed by atoms with Crippen molar-refractivity contribution in [3.8, 4) is 17.1 Å². The zero-order valence-electron chi connectivity index (χ0n) is 16.3. The molecule has 1 aliphatic heterocycles. The number of ether oxygens (including phenoxy) is 1. The summed E-state index contributed by atoms with van der Waals surface area (Å²) >= 11 is 0. The average molecular weight is 354 g/mol. The molecule has 5 heteroatoms. The summed E-state index contributed by atoms with van der Waals surface area (Å²) in [4.78, 5) is 11.6. The van der Waals surface area contributed by atoms with Crippen molar-refractivity contribution in [1.29, 1.82) is 0 Å². The molecule has 0 radical (unpaired) electrons. The van der Waals surface area contributed by atoms with Gasteiger partial charge in [-0.05, 0) is 50.3 Å². The number of rotatable bonds is 5. The summed E-state index contributed by atoms with van der Waals surface area (Å²) in [6.07, 6.45) is 3.99. The Bertz CT molecular complexity index is 737. The molecule has 0 bridgehead atoms. The third-order valence-electron chi connectivity index (χ3n) is 4.76. The van der Waals surface area contributed by atoms with Gasteiger partial charge in [0.15, 0.2) is 5.82 Å². The maximum atomic E-state index is 6.05. The van der Waals surface area contributed by atoms with Crippen LogP contribution in [0.1, 0.15) is 52.0 Å². The van der Waals surface area contributed by atoms with Gasteiger partial charge in [0, 0.05) is 30.9 Å². The van der Waals surface area contributed by atoms with Gasteiger partial charge >= 0.3 is 0 Å². The topological polar surface area (TPSA) is 64.3 Å². The number of anilines is 1. The van der Waals surface area contributed by atoms with Crippen LogP contribution in [0.15, 0.2) is 30.5 Å². The van der Waals surface area contributed by atoms with E-state index in [4.69, 9.17) is 15.5 Å². The summed E-state index contributed by atoms with van der Waals surface area (Å²) < 4.78 is 6.05. The Morgan fingerprint density at radius 1 is 1.12 bits per heavy atom. The first-order valence-electron chi connectivity index (χ1n) is 9.58. The van der Waals surface area contributed by atoms with E-state index in [9.17, 15) is 0 Å². The monoisotopic (exact) mass is 354 g/mol. The minimum atomic E-state index is 0.132. The molecule has 2 N–H and O–H groups in total. The van der Waals surface area contributed by atoms with Gasteiger partial charge in [0.1, 0.15) is 11.6 Å². The van der Waals surface area contributed by atoms with E-state index < -0.39 is 0 Å². The van der Waals surface area contributed by atoms with Gasteiger partial charge in [0.25, 0.3) is 0 Å². The molecule has 0 atom stereocenters. The molecule has 0 spiro atoms. The molecule has 1 aromatic heterocycles. The Morgan fingerprint density at radius 3 is 2.50 bits per heavy atom. The zero-order chi connectivity index (χ0) is 18.7. The Hall–Kier alpha value is -2.14. The molecule has 1 saturated heterocycles. The van der Waals surface area contributed by atoms with Crippen LogP contribution in [0, 0.1) is 0 Å². The van der Waals surface area contributed by atoms with Gasteiger partial charge < -0.3 is 15.4 Å². The third kappa shape index (κ3) is 4.33. The molecule has 0 unspecified atom stereocenters. The molecular formula is C21H30N4O. The summed E-state index contributed by atoms with van der Waals surface area (Å²) in [6.45, 7) is 10.4. The van der Waals surface area contributed by atoms with E-state index in [2.05, 4.69) is 55.8 Å². The molecule has 140 valence electrons. The smallest absolute Gasteiger partial charge is 0.161 e. The number of aromatic nitrogens is 2. The number of hydrogen-bond donors (Lipinski definition) is 1. The second kappa shape index (κ2) is 8.04. The highest BCUT2D eigenvalue weighted by Gasteiger charge is 2.18. The van der Waals surface area contributed by atoms with Crippen LogP contribution in [0.3, 0.4) is 0 Å². The van der Waals surface area contributed by atoms with Crippen molar-refractivity contribution >= 4 is 5.82 Å². The Labute approximate surface area is 156 Å². The molecule has 26 heavy (non-hydrogen) atoms. The summed E-state index contributed by atoms with van der Waals surface area (Å²) in [7, 11) is 0.